The number of ether oxygens (including phenoxy) is 2. The zero-order chi connectivity index (χ0) is 34.8. The molecule has 0 aliphatic heterocycles. The number of carbonyl (C=O) groups is 3. The molecule has 0 saturated heterocycles. The van der Waals surface area contributed by atoms with E-state index in [0.717, 1.165) is 5.56 Å². The highest BCUT2D eigenvalue weighted by atomic mass is 35.5. The molecule has 0 aliphatic rings. The van der Waals surface area contributed by atoms with Crippen LogP contribution in [0.5, 0.6) is 11.5 Å². The third kappa shape index (κ3) is 9.45. The number of anilines is 2. The van der Waals surface area contributed by atoms with Crippen LogP contribution in [0.25, 0.3) is 6.08 Å². The molecule has 11 heteroatoms. The van der Waals surface area contributed by atoms with Crippen molar-refractivity contribution in [1.29, 1.82) is 0 Å². The molecule has 5 aromatic rings. The molecule has 0 aliphatic carbocycles. The van der Waals surface area contributed by atoms with Crippen LogP contribution >= 0.6 is 35.0 Å². The summed E-state index contributed by atoms with van der Waals surface area (Å²) >= 11 is 13.9. The van der Waals surface area contributed by atoms with Crippen molar-refractivity contribution < 1.29 is 23.9 Å². The van der Waals surface area contributed by atoms with Gasteiger partial charge in [-0.25, -0.2) is 0 Å². The van der Waals surface area contributed by atoms with Gasteiger partial charge in [-0.15, -0.1) is 11.8 Å². The maximum atomic E-state index is 13.8. The predicted octanol–water partition coefficient (Wildman–Crippen LogP) is 8.89. The van der Waals surface area contributed by atoms with Crippen LogP contribution in [0.2, 0.25) is 10.0 Å². The van der Waals surface area contributed by atoms with Crippen LogP contribution in [0.15, 0.2) is 132 Å². The maximum absolute atomic E-state index is 13.8. The van der Waals surface area contributed by atoms with Crippen molar-refractivity contribution in [3.63, 3.8) is 0 Å². The molecule has 49 heavy (non-hydrogen) atoms. The van der Waals surface area contributed by atoms with Gasteiger partial charge in [0.1, 0.15) is 22.4 Å². The Kier molecular flexibility index (Phi) is 12.0. The van der Waals surface area contributed by atoms with Gasteiger partial charge in [0.2, 0.25) is 5.91 Å². The molecular weight excluding hydrogens is 681 g/mol. The number of hydrogen-bond donors (Lipinski definition) is 3. The lowest BCUT2D eigenvalue weighted by molar-refractivity contribution is -0.116. The normalized spacial score (nSPS) is 11.6. The molecule has 0 heterocycles. The molecule has 0 spiro atoms. The molecular formula is C38H31Cl2N3O5S. The minimum atomic E-state index is -0.657. The van der Waals surface area contributed by atoms with Gasteiger partial charge in [0.15, 0.2) is 0 Å². The number of thioether (sulfide) groups is 1. The number of hydrogen-bond acceptors (Lipinski definition) is 6. The van der Waals surface area contributed by atoms with E-state index in [9.17, 15) is 14.4 Å². The molecule has 248 valence electrons. The molecule has 1 unspecified atom stereocenters. The number of halogens is 2. The summed E-state index contributed by atoms with van der Waals surface area (Å²) in [4.78, 5) is 41.2. The summed E-state index contributed by atoms with van der Waals surface area (Å²) in [7, 11) is 3.08. The van der Waals surface area contributed by atoms with Gasteiger partial charge in [0, 0.05) is 40.0 Å². The fraction of sp³-hybridized carbons (Fsp3) is 0.0789. The van der Waals surface area contributed by atoms with Crippen LogP contribution in [-0.4, -0.2) is 31.9 Å². The lowest BCUT2D eigenvalue weighted by atomic mass is 10.1. The van der Waals surface area contributed by atoms with Crippen LogP contribution in [0.4, 0.5) is 11.4 Å². The average Bonchev–Trinajstić information content (AvgIpc) is 3.12. The topological polar surface area (TPSA) is 106 Å². The fourth-order valence-electron chi connectivity index (χ4n) is 4.70. The Morgan fingerprint density at radius 2 is 1.37 bits per heavy atom. The van der Waals surface area contributed by atoms with E-state index in [4.69, 9.17) is 32.7 Å². The van der Waals surface area contributed by atoms with E-state index in [0.29, 0.717) is 43.9 Å². The lowest BCUT2D eigenvalue weighted by Gasteiger charge is -2.18. The third-order valence-corrected chi connectivity index (χ3v) is 9.20. The number of carbonyl (C=O) groups excluding carboxylic acids is 3. The van der Waals surface area contributed by atoms with Gasteiger partial charge < -0.3 is 25.4 Å². The van der Waals surface area contributed by atoms with Crippen LogP contribution in [-0.2, 0) is 9.59 Å². The molecule has 0 bridgehead atoms. The molecule has 3 N–H and O–H groups in total. The van der Waals surface area contributed by atoms with E-state index in [-0.39, 0.29) is 16.6 Å². The van der Waals surface area contributed by atoms with Crippen LogP contribution in [0.1, 0.15) is 26.7 Å². The quantitative estimate of drug-likeness (QED) is 0.0882. The summed E-state index contributed by atoms with van der Waals surface area (Å²) in [6.07, 6.45) is 1.46. The van der Waals surface area contributed by atoms with Gasteiger partial charge in [0.25, 0.3) is 11.8 Å². The van der Waals surface area contributed by atoms with Gasteiger partial charge in [-0.3, -0.25) is 14.4 Å². The van der Waals surface area contributed by atoms with Crippen molar-refractivity contribution in [2.75, 3.05) is 24.9 Å². The first-order valence-corrected chi connectivity index (χ1v) is 16.6. The van der Waals surface area contributed by atoms with Crippen LogP contribution < -0.4 is 25.4 Å². The van der Waals surface area contributed by atoms with Crippen molar-refractivity contribution in [2.24, 2.45) is 0 Å². The second-order valence-corrected chi connectivity index (χ2v) is 12.5. The van der Waals surface area contributed by atoms with Crippen molar-refractivity contribution >= 4 is 70.1 Å². The Balaban J connectivity index is 1.40. The number of nitrogens with one attached hydrogen (secondary N) is 3. The van der Waals surface area contributed by atoms with Crippen LogP contribution in [0.3, 0.4) is 0 Å². The molecule has 0 aromatic heterocycles. The summed E-state index contributed by atoms with van der Waals surface area (Å²) in [5.41, 5.74) is 2.50. The summed E-state index contributed by atoms with van der Waals surface area (Å²) < 4.78 is 10.7. The van der Waals surface area contributed by atoms with Gasteiger partial charge in [-0.05, 0) is 53.6 Å². The van der Waals surface area contributed by atoms with E-state index in [1.807, 2.05) is 36.4 Å². The van der Waals surface area contributed by atoms with Crippen molar-refractivity contribution in [3.05, 3.63) is 154 Å². The SMILES string of the molecule is COc1cc(NC(=O)C(Sc2cccc(NC(=O)/C(=C\c3cccc(Cl)c3Cl)NC(=O)c3ccccc3)c2)c2ccccc2)cc(OC)c1. The first-order valence-electron chi connectivity index (χ1n) is 14.9. The molecule has 1 atom stereocenters. The molecule has 0 saturated carbocycles. The Hall–Kier alpha value is -5.22. The second-order valence-electron chi connectivity index (χ2n) is 10.5. The Bertz CT molecular complexity index is 1970. The number of benzene rings is 5. The molecule has 0 radical (unpaired) electrons. The number of amides is 3. The van der Waals surface area contributed by atoms with Gasteiger partial charge in [-0.1, -0.05) is 89.9 Å². The fourth-order valence-corrected chi connectivity index (χ4v) is 6.15. The average molecular weight is 713 g/mol. The van der Waals surface area contributed by atoms with Gasteiger partial charge in [-0.2, -0.15) is 0 Å². The Morgan fingerprint density at radius 1 is 0.714 bits per heavy atom. The van der Waals surface area contributed by atoms with E-state index in [1.165, 1.54) is 32.1 Å². The summed E-state index contributed by atoms with van der Waals surface area (Å²) in [6.45, 7) is 0. The monoisotopic (exact) mass is 711 g/mol. The third-order valence-electron chi connectivity index (χ3n) is 7.12. The van der Waals surface area contributed by atoms with Crippen LogP contribution in [0, 0.1) is 0 Å². The highest BCUT2D eigenvalue weighted by Gasteiger charge is 2.23. The molecule has 8 nitrogen and oxygen atoms in total. The minimum Gasteiger partial charge on any atom is -0.497 e. The molecule has 5 rings (SSSR count). The van der Waals surface area contributed by atoms with Crippen molar-refractivity contribution in [2.45, 2.75) is 10.1 Å². The van der Waals surface area contributed by atoms with E-state index in [1.54, 1.807) is 84.9 Å². The summed E-state index contributed by atoms with van der Waals surface area (Å²) in [6, 6.07) is 35.1. The van der Waals surface area contributed by atoms with Crippen molar-refractivity contribution in [1.82, 2.24) is 5.32 Å². The first-order chi connectivity index (χ1) is 23.7. The predicted molar refractivity (Wildman–Crippen MR) is 197 cm³/mol. The largest absolute Gasteiger partial charge is 0.497 e. The second kappa shape index (κ2) is 16.7. The molecule has 3 amide bonds. The lowest BCUT2D eigenvalue weighted by Crippen LogP contribution is -2.30. The van der Waals surface area contributed by atoms with Gasteiger partial charge >= 0.3 is 0 Å². The van der Waals surface area contributed by atoms with Gasteiger partial charge in [0.05, 0.1) is 24.3 Å². The number of methoxy groups -OCH3 is 2. The number of rotatable bonds is 12. The zero-order valence-electron chi connectivity index (χ0n) is 26.4. The molecule has 5 aromatic carbocycles. The highest BCUT2D eigenvalue weighted by Crippen LogP contribution is 2.38. The highest BCUT2D eigenvalue weighted by molar-refractivity contribution is 8.00. The smallest absolute Gasteiger partial charge is 0.272 e. The van der Waals surface area contributed by atoms with E-state index < -0.39 is 17.1 Å². The first kappa shape index (κ1) is 35.1. The Morgan fingerprint density at radius 3 is 2.04 bits per heavy atom. The zero-order valence-corrected chi connectivity index (χ0v) is 28.7. The minimum absolute atomic E-state index is 0.0497. The van der Waals surface area contributed by atoms with Crippen molar-refractivity contribution in [3.8, 4) is 11.5 Å². The summed E-state index contributed by atoms with van der Waals surface area (Å²) in [5.74, 6) is -0.268. The van der Waals surface area contributed by atoms with E-state index >= 15 is 0 Å². The standard InChI is InChI=1S/C38H31Cl2N3O5S/c1-47-29-20-28(21-30(23-29)48-2)42-38(46)35(24-11-5-3-6-12-24)49-31-17-10-16-27(22-31)41-37(45)33(19-26-15-9-18-32(39)34(26)40)43-36(44)25-13-7-4-8-14-25/h3-23,35H,1-2H3,(H,41,45)(H,42,46)(H,43,44)/b33-19+. The Labute approximate surface area is 298 Å². The maximum Gasteiger partial charge on any atom is 0.272 e. The van der Waals surface area contributed by atoms with E-state index in [2.05, 4.69) is 16.0 Å². The summed E-state index contributed by atoms with van der Waals surface area (Å²) in [5, 5.41) is 8.42. The molecule has 0 fully saturated rings.